The lowest BCUT2D eigenvalue weighted by molar-refractivity contribution is 0.0953. The Labute approximate surface area is 113 Å². The fourth-order valence-corrected chi connectivity index (χ4v) is 1.88. The van der Waals surface area contributed by atoms with Gasteiger partial charge in [0.2, 0.25) is 0 Å². The summed E-state index contributed by atoms with van der Waals surface area (Å²) in [5.41, 5.74) is 1.67. The molecule has 1 heterocycles. The summed E-state index contributed by atoms with van der Waals surface area (Å²) in [6.07, 6.45) is 6.84. The highest BCUT2D eigenvalue weighted by molar-refractivity contribution is 5.94. The van der Waals surface area contributed by atoms with E-state index in [1.54, 1.807) is 12.4 Å². The molecule has 19 heavy (non-hydrogen) atoms. The SMILES string of the molecule is CCCCCNC(=O)c1ccc(-c2ncc[nH]2)cc1. The Balaban J connectivity index is 1.93. The molecule has 0 spiro atoms. The minimum Gasteiger partial charge on any atom is -0.352 e. The molecule has 0 bridgehead atoms. The Morgan fingerprint density at radius 2 is 2.05 bits per heavy atom. The number of benzene rings is 1. The van der Waals surface area contributed by atoms with Crippen LogP contribution in [0.3, 0.4) is 0 Å². The number of carbonyl (C=O) groups is 1. The first-order valence-electron chi connectivity index (χ1n) is 6.69. The summed E-state index contributed by atoms with van der Waals surface area (Å²) in [6.45, 7) is 2.89. The van der Waals surface area contributed by atoms with Gasteiger partial charge in [-0.15, -0.1) is 0 Å². The quantitative estimate of drug-likeness (QED) is 0.781. The molecule has 4 heteroatoms. The van der Waals surface area contributed by atoms with Crippen LogP contribution in [0.15, 0.2) is 36.7 Å². The van der Waals surface area contributed by atoms with Crippen LogP contribution in [0.5, 0.6) is 0 Å². The number of amides is 1. The van der Waals surface area contributed by atoms with Crippen molar-refractivity contribution in [2.24, 2.45) is 0 Å². The van der Waals surface area contributed by atoms with Gasteiger partial charge in [-0.25, -0.2) is 4.98 Å². The predicted molar refractivity (Wildman–Crippen MR) is 75.9 cm³/mol. The van der Waals surface area contributed by atoms with Crippen LogP contribution >= 0.6 is 0 Å². The van der Waals surface area contributed by atoms with Crippen LogP contribution < -0.4 is 5.32 Å². The van der Waals surface area contributed by atoms with Crippen LogP contribution in [-0.4, -0.2) is 22.4 Å². The molecule has 1 amide bonds. The molecule has 0 fully saturated rings. The van der Waals surface area contributed by atoms with Gasteiger partial charge in [0.15, 0.2) is 0 Å². The number of unbranched alkanes of at least 4 members (excludes halogenated alkanes) is 2. The molecular weight excluding hydrogens is 238 g/mol. The van der Waals surface area contributed by atoms with E-state index in [0.29, 0.717) is 5.56 Å². The van der Waals surface area contributed by atoms with Gasteiger partial charge in [0.05, 0.1) is 0 Å². The van der Waals surface area contributed by atoms with Gasteiger partial charge in [0.25, 0.3) is 5.91 Å². The average Bonchev–Trinajstić information content (AvgIpc) is 2.98. The molecule has 0 saturated heterocycles. The first-order valence-corrected chi connectivity index (χ1v) is 6.69. The van der Waals surface area contributed by atoms with E-state index >= 15 is 0 Å². The smallest absolute Gasteiger partial charge is 0.251 e. The van der Waals surface area contributed by atoms with E-state index in [-0.39, 0.29) is 5.91 Å². The number of aromatic amines is 1. The lowest BCUT2D eigenvalue weighted by atomic mass is 10.1. The molecule has 2 aromatic rings. The molecular formula is C15H19N3O. The van der Waals surface area contributed by atoms with Gasteiger partial charge in [-0.2, -0.15) is 0 Å². The topological polar surface area (TPSA) is 57.8 Å². The number of nitrogens with one attached hydrogen (secondary N) is 2. The molecule has 0 saturated carbocycles. The summed E-state index contributed by atoms with van der Waals surface area (Å²) in [7, 11) is 0. The second kappa shape index (κ2) is 6.73. The van der Waals surface area contributed by atoms with Gasteiger partial charge < -0.3 is 10.3 Å². The number of imidazole rings is 1. The predicted octanol–water partition coefficient (Wildman–Crippen LogP) is 3.00. The molecule has 0 unspecified atom stereocenters. The summed E-state index contributed by atoms with van der Waals surface area (Å²) in [5, 5.41) is 2.93. The van der Waals surface area contributed by atoms with Crippen molar-refractivity contribution in [1.29, 1.82) is 0 Å². The largest absolute Gasteiger partial charge is 0.352 e. The molecule has 0 aliphatic carbocycles. The van der Waals surface area contributed by atoms with Crippen molar-refractivity contribution in [2.45, 2.75) is 26.2 Å². The first-order chi connectivity index (χ1) is 9.31. The Bertz CT molecular complexity index is 503. The van der Waals surface area contributed by atoms with Crippen molar-refractivity contribution in [3.63, 3.8) is 0 Å². The van der Waals surface area contributed by atoms with Crippen LogP contribution in [0.4, 0.5) is 0 Å². The van der Waals surface area contributed by atoms with Crippen molar-refractivity contribution in [1.82, 2.24) is 15.3 Å². The first kappa shape index (κ1) is 13.3. The van der Waals surface area contributed by atoms with Crippen molar-refractivity contribution >= 4 is 5.91 Å². The van der Waals surface area contributed by atoms with E-state index < -0.39 is 0 Å². The lowest BCUT2D eigenvalue weighted by Gasteiger charge is -2.05. The van der Waals surface area contributed by atoms with Crippen LogP contribution in [0.2, 0.25) is 0 Å². The van der Waals surface area contributed by atoms with E-state index in [1.165, 1.54) is 0 Å². The summed E-state index contributed by atoms with van der Waals surface area (Å²) in [4.78, 5) is 19.1. The van der Waals surface area contributed by atoms with E-state index in [9.17, 15) is 4.79 Å². The Kier molecular flexibility index (Phi) is 4.72. The van der Waals surface area contributed by atoms with Gasteiger partial charge >= 0.3 is 0 Å². The van der Waals surface area contributed by atoms with E-state index in [1.807, 2.05) is 24.3 Å². The average molecular weight is 257 g/mol. The normalized spacial score (nSPS) is 10.4. The molecule has 0 radical (unpaired) electrons. The Morgan fingerprint density at radius 1 is 1.26 bits per heavy atom. The molecule has 0 aliphatic heterocycles. The summed E-state index contributed by atoms with van der Waals surface area (Å²) < 4.78 is 0. The maximum absolute atomic E-state index is 11.9. The number of carbonyl (C=O) groups excluding carboxylic acids is 1. The number of nitrogens with zero attached hydrogens (tertiary/aromatic N) is 1. The second-order valence-corrected chi connectivity index (χ2v) is 4.48. The standard InChI is InChI=1S/C15H19N3O/c1-2-3-4-9-18-15(19)13-7-5-12(6-8-13)14-16-10-11-17-14/h5-8,10-11H,2-4,9H2,1H3,(H,16,17)(H,18,19). The van der Waals surface area contributed by atoms with E-state index in [2.05, 4.69) is 22.2 Å². The highest BCUT2D eigenvalue weighted by atomic mass is 16.1. The van der Waals surface area contributed by atoms with Gasteiger partial charge in [0, 0.05) is 30.1 Å². The fourth-order valence-electron chi connectivity index (χ4n) is 1.88. The molecule has 2 N–H and O–H groups in total. The molecule has 1 aromatic carbocycles. The monoisotopic (exact) mass is 257 g/mol. The number of hydrogen-bond acceptors (Lipinski definition) is 2. The maximum atomic E-state index is 11.9. The third-order valence-corrected chi connectivity index (χ3v) is 2.98. The molecule has 0 atom stereocenters. The zero-order chi connectivity index (χ0) is 13.5. The Morgan fingerprint density at radius 3 is 2.68 bits per heavy atom. The highest BCUT2D eigenvalue weighted by Crippen LogP contribution is 2.14. The van der Waals surface area contributed by atoms with Crippen molar-refractivity contribution in [3.05, 3.63) is 42.2 Å². The van der Waals surface area contributed by atoms with Crippen LogP contribution in [-0.2, 0) is 0 Å². The Hall–Kier alpha value is -2.10. The zero-order valence-corrected chi connectivity index (χ0v) is 11.1. The van der Waals surface area contributed by atoms with Crippen LogP contribution in [0, 0.1) is 0 Å². The van der Waals surface area contributed by atoms with E-state index in [4.69, 9.17) is 0 Å². The summed E-state index contributed by atoms with van der Waals surface area (Å²) in [6, 6.07) is 7.46. The number of aromatic nitrogens is 2. The molecule has 100 valence electrons. The van der Waals surface area contributed by atoms with Crippen LogP contribution in [0.25, 0.3) is 11.4 Å². The minimum absolute atomic E-state index is 0.0119. The molecule has 4 nitrogen and oxygen atoms in total. The fraction of sp³-hybridized carbons (Fsp3) is 0.333. The van der Waals surface area contributed by atoms with Crippen molar-refractivity contribution in [2.75, 3.05) is 6.54 Å². The molecule has 0 aliphatic rings. The minimum atomic E-state index is -0.0119. The third-order valence-electron chi connectivity index (χ3n) is 2.98. The summed E-state index contributed by atoms with van der Waals surface area (Å²) >= 11 is 0. The van der Waals surface area contributed by atoms with Crippen LogP contribution in [0.1, 0.15) is 36.5 Å². The number of rotatable bonds is 6. The highest BCUT2D eigenvalue weighted by Gasteiger charge is 2.05. The van der Waals surface area contributed by atoms with Crippen molar-refractivity contribution in [3.8, 4) is 11.4 Å². The number of H-pyrrole nitrogens is 1. The third kappa shape index (κ3) is 3.68. The van der Waals surface area contributed by atoms with Gasteiger partial charge in [0.1, 0.15) is 5.82 Å². The van der Waals surface area contributed by atoms with Gasteiger partial charge in [-0.05, 0) is 18.6 Å². The summed E-state index contributed by atoms with van der Waals surface area (Å²) in [5.74, 6) is 0.803. The van der Waals surface area contributed by atoms with Crippen molar-refractivity contribution < 1.29 is 4.79 Å². The van der Waals surface area contributed by atoms with E-state index in [0.717, 1.165) is 37.2 Å². The molecule has 1 aromatic heterocycles. The number of hydrogen-bond donors (Lipinski definition) is 2. The molecule has 2 rings (SSSR count). The van der Waals surface area contributed by atoms with Gasteiger partial charge in [-0.3, -0.25) is 4.79 Å². The maximum Gasteiger partial charge on any atom is 0.251 e. The second-order valence-electron chi connectivity index (χ2n) is 4.48. The zero-order valence-electron chi connectivity index (χ0n) is 11.1. The van der Waals surface area contributed by atoms with Gasteiger partial charge in [-0.1, -0.05) is 31.9 Å². The lowest BCUT2D eigenvalue weighted by Crippen LogP contribution is -2.24.